The molecule has 1 saturated carbocycles. The minimum absolute atomic E-state index is 0.525. The minimum atomic E-state index is -1.97. The molecule has 3 atom stereocenters. The Morgan fingerprint density at radius 2 is 1.88 bits per heavy atom. The molecule has 0 aromatic rings. The number of epoxide rings is 1. The van der Waals surface area contributed by atoms with E-state index in [1.807, 2.05) is 14.2 Å². The molecule has 0 radical (unpaired) electrons. The summed E-state index contributed by atoms with van der Waals surface area (Å²) in [6.07, 6.45) is 8.51. The first kappa shape index (κ1) is 13.5. The van der Waals surface area contributed by atoms with Crippen LogP contribution in [0.25, 0.3) is 0 Å². The van der Waals surface area contributed by atoms with Crippen LogP contribution in [0.2, 0.25) is 11.6 Å². The molecule has 17 heavy (non-hydrogen) atoms. The molecule has 0 amide bonds. The summed E-state index contributed by atoms with van der Waals surface area (Å²) in [7, 11) is 1.72. The lowest BCUT2D eigenvalue weighted by Crippen LogP contribution is -2.46. The second kappa shape index (κ2) is 5.82. The van der Waals surface area contributed by atoms with Gasteiger partial charge in [0.2, 0.25) is 0 Å². The zero-order valence-electron chi connectivity index (χ0n) is 11.4. The molecular weight excluding hydrogens is 232 g/mol. The van der Waals surface area contributed by atoms with Gasteiger partial charge in [0.1, 0.15) is 0 Å². The van der Waals surface area contributed by atoms with Crippen molar-refractivity contribution in [2.75, 3.05) is 14.2 Å². The van der Waals surface area contributed by atoms with E-state index in [-0.39, 0.29) is 0 Å². The maximum absolute atomic E-state index is 5.90. The van der Waals surface area contributed by atoms with Crippen LogP contribution in [0.4, 0.5) is 0 Å². The average Bonchev–Trinajstić information content (AvgIpc) is 3.13. The summed E-state index contributed by atoms with van der Waals surface area (Å²) < 4.78 is 17.4. The van der Waals surface area contributed by atoms with Crippen molar-refractivity contribution in [3.63, 3.8) is 0 Å². The fourth-order valence-electron chi connectivity index (χ4n) is 3.25. The lowest BCUT2D eigenvalue weighted by molar-refractivity contribution is 0.217. The maximum Gasteiger partial charge on any atom is 0.340 e. The highest BCUT2D eigenvalue weighted by Gasteiger charge is 2.53. The summed E-state index contributed by atoms with van der Waals surface area (Å²) in [5, 5.41) is 0. The van der Waals surface area contributed by atoms with Gasteiger partial charge in [-0.1, -0.05) is 26.2 Å². The second-order valence-corrected chi connectivity index (χ2v) is 9.16. The quantitative estimate of drug-likeness (QED) is 0.399. The zero-order valence-corrected chi connectivity index (χ0v) is 12.4. The van der Waals surface area contributed by atoms with Gasteiger partial charge in [-0.3, -0.25) is 0 Å². The van der Waals surface area contributed by atoms with Gasteiger partial charge in [-0.2, -0.15) is 0 Å². The molecule has 100 valence electrons. The molecule has 0 N–H and O–H groups in total. The molecule has 2 fully saturated rings. The number of hydrogen-bond acceptors (Lipinski definition) is 3. The number of fused-ring (bicyclic) bond motifs is 1. The predicted molar refractivity (Wildman–Crippen MR) is 70.4 cm³/mol. The summed E-state index contributed by atoms with van der Waals surface area (Å²) in [6.45, 7) is 2.24. The topological polar surface area (TPSA) is 31.0 Å². The van der Waals surface area contributed by atoms with Crippen molar-refractivity contribution in [3.05, 3.63) is 0 Å². The van der Waals surface area contributed by atoms with Crippen molar-refractivity contribution in [2.24, 2.45) is 0 Å². The van der Waals surface area contributed by atoms with Gasteiger partial charge in [-0.15, -0.1) is 0 Å². The van der Waals surface area contributed by atoms with Gasteiger partial charge in [0.05, 0.1) is 12.2 Å². The first-order valence-electron chi connectivity index (χ1n) is 7.01. The van der Waals surface area contributed by atoms with Crippen LogP contribution >= 0.6 is 0 Å². The van der Waals surface area contributed by atoms with Crippen LogP contribution in [0.3, 0.4) is 0 Å². The van der Waals surface area contributed by atoms with Crippen LogP contribution in [0.5, 0.6) is 0 Å². The van der Waals surface area contributed by atoms with Crippen LogP contribution in [0.15, 0.2) is 0 Å². The normalized spacial score (nSPS) is 32.3. The van der Waals surface area contributed by atoms with Crippen molar-refractivity contribution < 1.29 is 13.6 Å². The standard InChI is InChI=1S/C13H26O3Si/c1-4-5-6-9-17(14-2,15-3)11-7-8-12-13(10-11)16-12/h11-13H,4-10H2,1-3H3. The monoisotopic (exact) mass is 258 g/mol. The van der Waals surface area contributed by atoms with Crippen LogP contribution in [0.1, 0.15) is 45.4 Å². The van der Waals surface area contributed by atoms with E-state index in [0.717, 1.165) is 6.04 Å². The smallest absolute Gasteiger partial charge is 0.340 e. The average molecular weight is 258 g/mol. The maximum atomic E-state index is 5.90. The van der Waals surface area contributed by atoms with Crippen molar-refractivity contribution >= 4 is 8.56 Å². The highest BCUT2D eigenvalue weighted by Crippen LogP contribution is 2.48. The third-order valence-electron chi connectivity index (χ3n) is 4.45. The van der Waals surface area contributed by atoms with Crippen LogP contribution in [0, 0.1) is 0 Å². The molecule has 3 unspecified atom stereocenters. The summed E-state index contributed by atoms with van der Waals surface area (Å²) >= 11 is 0. The molecule has 0 aromatic carbocycles. The van der Waals surface area contributed by atoms with Crippen molar-refractivity contribution in [2.45, 2.75) is 69.2 Å². The third-order valence-corrected chi connectivity index (χ3v) is 8.65. The Balaban J connectivity index is 1.93. The van der Waals surface area contributed by atoms with E-state index in [1.165, 1.54) is 38.5 Å². The van der Waals surface area contributed by atoms with Gasteiger partial charge in [0.15, 0.2) is 0 Å². The molecular formula is C13H26O3Si. The van der Waals surface area contributed by atoms with Gasteiger partial charge in [0, 0.05) is 19.8 Å². The van der Waals surface area contributed by atoms with Crippen LogP contribution in [-0.2, 0) is 13.6 Å². The first-order chi connectivity index (χ1) is 8.25. The van der Waals surface area contributed by atoms with E-state index in [2.05, 4.69) is 6.92 Å². The van der Waals surface area contributed by atoms with E-state index in [0.29, 0.717) is 17.7 Å². The molecule has 1 heterocycles. The van der Waals surface area contributed by atoms with E-state index < -0.39 is 8.56 Å². The largest absolute Gasteiger partial charge is 0.397 e. The Morgan fingerprint density at radius 1 is 1.12 bits per heavy atom. The molecule has 1 aliphatic carbocycles. The Morgan fingerprint density at radius 3 is 2.47 bits per heavy atom. The number of rotatable bonds is 7. The number of unbranched alkanes of at least 4 members (excludes halogenated alkanes) is 2. The predicted octanol–water partition coefficient (Wildman–Crippen LogP) is 3.23. The van der Waals surface area contributed by atoms with E-state index in [4.69, 9.17) is 13.6 Å². The highest BCUT2D eigenvalue weighted by atomic mass is 28.4. The van der Waals surface area contributed by atoms with Gasteiger partial charge in [-0.05, 0) is 25.3 Å². The van der Waals surface area contributed by atoms with Crippen LogP contribution < -0.4 is 0 Å². The Bertz CT molecular complexity index is 243. The van der Waals surface area contributed by atoms with Gasteiger partial charge in [-0.25, -0.2) is 0 Å². The number of ether oxygens (including phenoxy) is 1. The Hall–Kier alpha value is 0.0969. The van der Waals surface area contributed by atoms with E-state index in [1.54, 1.807) is 0 Å². The summed E-state index contributed by atoms with van der Waals surface area (Å²) in [5.41, 5.74) is 0.637. The lowest BCUT2D eigenvalue weighted by atomic mass is 10.0. The van der Waals surface area contributed by atoms with Gasteiger partial charge >= 0.3 is 8.56 Å². The van der Waals surface area contributed by atoms with E-state index >= 15 is 0 Å². The summed E-state index contributed by atoms with van der Waals surface area (Å²) in [6, 6.07) is 1.15. The van der Waals surface area contributed by atoms with Gasteiger partial charge in [0.25, 0.3) is 0 Å². The molecule has 3 nitrogen and oxygen atoms in total. The third kappa shape index (κ3) is 2.92. The fraction of sp³-hybridized carbons (Fsp3) is 1.00. The van der Waals surface area contributed by atoms with Crippen LogP contribution in [-0.4, -0.2) is 35.0 Å². The summed E-state index contributed by atoms with van der Waals surface area (Å²) in [5.74, 6) is 0. The van der Waals surface area contributed by atoms with Crippen molar-refractivity contribution in [1.82, 2.24) is 0 Å². The summed E-state index contributed by atoms with van der Waals surface area (Å²) in [4.78, 5) is 0. The molecule has 4 heteroatoms. The molecule has 1 saturated heterocycles. The molecule has 0 spiro atoms. The second-order valence-electron chi connectivity index (χ2n) is 5.40. The lowest BCUT2D eigenvalue weighted by Gasteiger charge is -2.36. The minimum Gasteiger partial charge on any atom is -0.397 e. The Kier molecular flexibility index (Phi) is 4.63. The Labute approximate surface area is 106 Å². The zero-order chi connectivity index (χ0) is 12.3. The molecule has 0 aromatic heterocycles. The fourth-order valence-corrected chi connectivity index (χ4v) is 6.84. The molecule has 2 aliphatic rings. The van der Waals surface area contributed by atoms with E-state index in [9.17, 15) is 0 Å². The first-order valence-corrected chi connectivity index (χ1v) is 9.11. The van der Waals surface area contributed by atoms with Crippen molar-refractivity contribution in [3.8, 4) is 0 Å². The highest BCUT2D eigenvalue weighted by molar-refractivity contribution is 6.69. The molecule has 1 aliphatic heterocycles. The molecule has 2 rings (SSSR count). The van der Waals surface area contributed by atoms with Gasteiger partial charge < -0.3 is 13.6 Å². The molecule has 0 bridgehead atoms. The SMILES string of the molecule is CCCCC[Si](OC)(OC)C1CCC2OC2C1. The number of hydrogen-bond donors (Lipinski definition) is 0. The van der Waals surface area contributed by atoms with Crippen molar-refractivity contribution in [1.29, 1.82) is 0 Å².